The Labute approximate surface area is 146 Å². The third-order valence-corrected chi connectivity index (χ3v) is 5.47. The number of anilines is 1. The van der Waals surface area contributed by atoms with Crippen molar-refractivity contribution in [2.45, 2.75) is 12.8 Å². The van der Waals surface area contributed by atoms with Crippen molar-refractivity contribution in [1.82, 2.24) is 4.31 Å². The van der Waals surface area contributed by atoms with E-state index in [9.17, 15) is 18.0 Å². The molecule has 1 aromatic rings. The molecule has 24 heavy (non-hydrogen) atoms. The Bertz CT molecular complexity index is 750. The van der Waals surface area contributed by atoms with Crippen molar-refractivity contribution in [2.24, 2.45) is 5.92 Å². The van der Waals surface area contributed by atoms with Gasteiger partial charge in [0.05, 0.1) is 35.6 Å². The van der Waals surface area contributed by atoms with Crippen LogP contribution in [0.3, 0.4) is 0 Å². The van der Waals surface area contributed by atoms with Crippen LogP contribution in [0.2, 0.25) is 5.02 Å². The van der Waals surface area contributed by atoms with E-state index in [1.54, 1.807) is 0 Å². The number of sulfonamides is 1. The van der Waals surface area contributed by atoms with Crippen LogP contribution in [0.5, 0.6) is 0 Å². The first-order valence-electron chi connectivity index (χ1n) is 7.36. The molecule has 0 radical (unpaired) electrons. The Morgan fingerprint density at radius 1 is 1.38 bits per heavy atom. The molecule has 0 unspecified atom stereocenters. The van der Waals surface area contributed by atoms with E-state index in [2.05, 4.69) is 10.1 Å². The van der Waals surface area contributed by atoms with Gasteiger partial charge in [0.25, 0.3) is 0 Å². The molecule has 1 saturated heterocycles. The van der Waals surface area contributed by atoms with Gasteiger partial charge in [-0.25, -0.2) is 17.5 Å². The molecule has 1 atom stereocenters. The highest BCUT2D eigenvalue weighted by Gasteiger charge is 2.30. The SMILES string of the molecule is COC(=O)c1ccc(Cl)c(NC(=O)[C@H]2CCCN(S(C)(=O)=O)C2)c1. The van der Waals surface area contributed by atoms with Gasteiger partial charge in [0, 0.05) is 13.1 Å². The minimum Gasteiger partial charge on any atom is -0.465 e. The van der Waals surface area contributed by atoms with Crippen molar-refractivity contribution in [2.75, 3.05) is 31.8 Å². The number of methoxy groups -OCH3 is 1. The third-order valence-electron chi connectivity index (χ3n) is 3.87. The normalized spacial score (nSPS) is 18.9. The van der Waals surface area contributed by atoms with Crippen LogP contribution in [0.15, 0.2) is 18.2 Å². The zero-order valence-electron chi connectivity index (χ0n) is 13.4. The second-order valence-corrected chi connectivity index (χ2v) is 8.03. The van der Waals surface area contributed by atoms with Crippen LogP contribution in [0, 0.1) is 5.92 Å². The van der Waals surface area contributed by atoms with Gasteiger partial charge in [0.15, 0.2) is 0 Å². The number of halogens is 1. The maximum absolute atomic E-state index is 12.4. The van der Waals surface area contributed by atoms with E-state index in [0.29, 0.717) is 25.1 Å². The zero-order chi connectivity index (χ0) is 17.9. The minimum atomic E-state index is -3.33. The highest BCUT2D eigenvalue weighted by Crippen LogP contribution is 2.26. The summed E-state index contributed by atoms with van der Waals surface area (Å²) in [6.45, 7) is 0.556. The standard InChI is InChI=1S/C15H19ClN2O5S/c1-23-15(20)10-5-6-12(16)13(8-10)17-14(19)11-4-3-7-18(9-11)24(2,21)22/h5-6,8,11H,3-4,7,9H2,1-2H3,(H,17,19)/t11-/m0/s1. The predicted molar refractivity (Wildman–Crippen MR) is 90.6 cm³/mol. The van der Waals surface area contributed by atoms with Crippen LogP contribution in [0.25, 0.3) is 0 Å². The summed E-state index contributed by atoms with van der Waals surface area (Å²) in [5.41, 5.74) is 0.555. The maximum Gasteiger partial charge on any atom is 0.337 e. The molecule has 2 rings (SSSR count). The van der Waals surface area contributed by atoms with Crippen LogP contribution in [0.4, 0.5) is 5.69 Å². The van der Waals surface area contributed by atoms with Gasteiger partial charge in [0.2, 0.25) is 15.9 Å². The largest absolute Gasteiger partial charge is 0.465 e. The summed E-state index contributed by atoms with van der Waals surface area (Å²) in [7, 11) is -2.07. The van der Waals surface area contributed by atoms with Crippen molar-refractivity contribution in [3.05, 3.63) is 28.8 Å². The van der Waals surface area contributed by atoms with Crippen molar-refractivity contribution in [3.63, 3.8) is 0 Å². The molecule has 1 amide bonds. The first kappa shape index (κ1) is 18.7. The monoisotopic (exact) mass is 374 g/mol. The number of piperidine rings is 1. The number of benzene rings is 1. The van der Waals surface area contributed by atoms with E-state index in [-0.39, 0.29) is 23.0 Å². The summed E-state index contributed by atoms with van der Waals surface area (Å²) < 4.78 is 29.2. The number of esters is 1. The number of ether oxygens (including phenoxy) is 1. The fourth-order valence-electron chi connectivity index (χ4n) is 2.56. The molecule has 132 valence electrons. The molecular formula is C15H19ClN2O5S. The second-order valence-electron chi connectivity index (χ2n) is 5.64. The summed E-state index contributed by atoms with van der Waals surface area (Å²) in [6, 6.07) is 4.42. The van der Waals surface area contributed by atoms with Crippen molar-refractivity contribution in [1.29, 1.82) is 0 Å². The first-order chi connectivity index (χ1) is 11.2. The number of hydrogen-bond donors (Lipinski definition) is 1. The topological polar surface area (TPSA) is 92.8 Å². The smallest absolute Gasteiger partial charge is 0.337 e. The predicted octanol–water partition coefficient (Wildman–Crippen LogP) is 1.74. The van der Waals surface area contributed by atoms with Crippen LogP contribution < -0.4 is 5.32 Å². The molecule has 1 aromatic carbocycles. The van der Waals surface area contributed by atoms with Crippen LogP contribution in [-0.4, -0.2) is 51.1 Å². The molecule has 0 bridgehead atoms. The van der Waals surface area contributed by atoms with E-state index >= 15 is 0 Å². The van der Waals surface area contributed by atoms with Crippen LogP contribution in [-0.2, 0) is 19.6 Å². The molecule has 1 fully saturated rings. The quantitative estimate of drug-likeness (QED) is 0.810. The van der Waals surface area contributed by atoms with E-state index in [1.807, 2.05) is 0 Å². The number of nitrogens with one attached hydrogen (secondary N) is 1. The average molecular weight is 375 g/mol. The second kappa shape index (κ2) is 7.50. The molecule has 9 heteroatoms. The summed E-state index contributed by atoms with van der Waals surface area (Å²) in [4.78, 5) is 24.0. The number of carbonyl (C=O) groups is 2. The maximum atomic E-state index is 12.4. The van der Waals surface area contributed by atoms with Gasteiger partial charge >= 0.3 is 5.97 Å². The Morgan fingerprint density at radius 2 is 2.08 bits per heavy atom. The Hall–Kier alpha value is -1.64. The van der Waals surface area contributed by atoms with E-state index in [4.69, 9.17) is 11.6 Å². The fourth-order valence-corrected chi connectivity index (χ4v) is 3.63. The molecule has 1 aliphatic rings. The molecule has 0 saturated carbocycles. The number of carbonyl (C=O) groups excluding carboxylic acids is 2. The number of nitrogens with zero attached hydrogens (tertiary/aromatic N) is 1. The average Bonchev–Trinajstić information content (AvgIpc) is 2.55. The number of amides is 1. The van der Waals surface area contributed by atoms with Crippen LogP contribution in [0.1, 0.15) is 23.2 Å². The van der Waals surface area contributed by atoms with Crippen molar-refractivity contribution in [3.8, 4) is 0 Å². The highest BCUT2D eigenvalue weighted by molar-refractivity contribution is 7.88. The number of rotatable bonds is 4. The Kier molecular flexibility index (Phi) is 5.84. The summed E-state index contributed by atoms with van der Waals surface area (Å²) in [6.07, 6.45) is 2.33. The third kappa shape index (κ3) is 4.46. The lowest BCUT2D eigenvalue weighted by molar-refractivity contribution is -0.120. The molecule has 0 aromatic heterocycles. The van der Waals surface area contributed by atoms with Gasteiger partial charge in [-0.15, -0.1) is 0 Å². The van der Waals surface area contributed by atoms with Gasteiger partial charge in [0.1, 0.15) is 0 Å². The van der Waals surface area contributed by atoms with E-state index in [0.717, 1.165) is 6.26 Å². The molecule has 1 heterocycles. The number of hydrogen-bond acceptors (Lipinski definition) is 5. The fraction of sp³-hybridized carbons (Fsp3) is 0.467. The van der Waals surface area contributed by atoms with Crippen molar-refractivity contribution >= 4 is 39.2 Å². The molecule has 7 nitrogen and oxygen atoms in total. The van der Waals surface area contributed by atoms with Crippen LogP contribution >= 0.6 is 11.6 Å². The lowest BCUT2D eigenvalue weighted by Gasteiger charge is -2.30. The molecule has 0 aliphatic carbocycles. The van der Waals surface area contributed by atoms with Gasteiger partial charge in [-0.05, 0) is 31.0 Å². The van der Waals surface area contributed by atoms with Gasteiger partial charge in [-0.2, -0.15) is 0 Å². The summed E-state index contributed by atoms with van der Waals surface area (Å²) >= 11 is 6.06. The minimum absolute atomic E-state index is 0.138. The lowest BCUT2D eigenvalue weighted by atomic mass is 9.98. The highest BCUT2D eigenvalue weighted by atomic mass is 35.5. The Balaban J connectivity index is 2.13. The molecule has 0 spiro atoms. The first-order valence-corrected chi connectivity index (χ1v) is 9.59. The van der Waals surface area contributed by atoms with Gasteiger partial charge < -0.3 is 10.1 Å². The van der Waals surface area contributed by atoms with Crippen molar-refractivity contribution < 1.29 is 22.7 Å². The van der Waals surface area contributed by atoms with E-state index in [1.165, 1.54) is 29.6 Å². The van der Waals surface area contributed by atoms with E-state index < -0.39 is 21.9 Å². The zero-order valence-corrected chi connectivity index (χ0v) is 15.0. The molecule has 1 N–H and O–H groups in total. The molecular weight excluding hydrogens is 356 g/mol. The summed E-state index contributed by atoms with van der Waals surface area (Å²) in [5, 5.41) is 2.96. The van der Waals surface area contributed by atoms with Gasteiger partial charge in [-0.3, -0.25) is 4.79 Å². The lowest BCUT2D eigenvalue weighted by Crippen LogP contribution is -2.43. The molecule has 1 aliphatic heterocycles. The summed E-state index contributed by atoms with van der Waals surface area (Å²) in [5.74, 6) is -1.33. The van der Waals surface area contributed by atoms with Gasteiger partial charge in [-0.1, -0.05) is 11.6 Å². The Morgan fingerprint density at radius 3 is 2.71 bits per heavy atom.